The minimum absolute atomic E-state index is 0.323. The van der Waals surface area contributed by atoms with Crippen molar-refractivity contribution in [3.63, 3.8) is 0 Å². The Morgan fingerprint density at radius 1 is 0.952 bits per heavy atom. The third kappa shape index (κ3) is 2.03. The molecule has 0 saturated carbocycles. The maximum Gasteiger partial charge on any atom is 0.0425 e. The third-order valence-electron chi connectivity index (χ3n) is 5.36. The molecule has 0 aromatic heterocycles. The average molecular weight is 277 g/mol. The number of hydrogen-bond donors (Lipinski definition) is 0. The summed E-state index contributed by atoms with van der Waals surface area (Å²) in [7, 11) is 0. The SMILES string of the molecule is CC1(C)CN2CCc3ccccc3[C@@H]2[C@H]1c1ccccc1. The van der Waals surface area contributed by atoms with E-state index in [0.29, 0.717) is 17.4 Å². The first-order valence-electron chi connectivity index (χ1n) is 8.04. The zero-order chi connectivity index (χ0) is 14.4. The molecule has 2 atom stereocenters. The lowest BCUT2D eigenvalue weighted by atomic mass is 9.72. The summed E-state index contributed by atoms with van der Waals surface area (Å²) < 4.78 is 0. The summed E-state index contributed by atoms with van der Waals surface area (Å²) in [6.07, 6.45) is 1.20. The molecule has 0 amide bonds. The van der Waals surface area contributed by atoms with E-state index in [4.69, 9.17) is 0 Å². The zero-order valence-electron chi connectivity index (χ0n) is 12.9. The van der Waals surface area contributed by atoms with Crippen LogP contribution in [0, 0.1) is 5.41 Å². The van der Waals surface area contributed by atoms with Crippen LogP contribution in [0.3, 0.4) is 0 Å². The van der Waals surface area contributed by atoms with Crippen molar-refractivity contribution >= 4 is 0 Å². The van der Waals surface area contributed by atoms with Crippen LogP contribution in [0.1, 0.15) is 42.5 Å². The van der Waals surface area contributed by atoms with Crippen LogP contribution < -0.4 is 0 Å². The van der Waals surface area contributed by atoms with Gasteiger partial charge >= 0.3 is 0 Å². The Bertz CT molecular complexity index is 644. The Kier molecular flexibility index (Phi) is 2.93. The highest BCUT2D eigenvalue weighted by Gasteiger charge is 2.49. The predicted octanol–water partition coefficient (Wildman–Crippen LogP) is 4.41. The van der Waals surface area contributed by atoms with Gasteiger partial charge in [0, 0.05) is 25.0 Å². The first kappa shape index (κ1) is 13.1. The van der Waals surface area contributed by atoms with E-state index in [-0.39, 0.29) is 0 Å². The van der Waals surface area contributed by atoms with Crippen LogP contribution >= 0.6 is 0 Å². The number of fused-ring (bicyclic) bond motifs is 3. The van der Waals surface area contributed by atoms with Crippen LogP contribution in [0.5, 0.6) is 0 Å². The van der Waals surface area contributed by atoms with E-state index in [9.17, 15) is 0 Å². The summed E-state index contributed by atoms with van der Waals surface area (Å²) in [4.78, 5) is 2.71. The summed E-state index contributed by atoms with van der Waals surface area (Å²) >= 11 is 0. The number of rotatable bonds is 1. The fourth-order valence-corrected chi connectivity index (χ4v) is 4.56. The molecule has 1 nitrogen and oxygen atoms in total. The lowest BCUT2D eigenvalue weighted by Gasteiger charge is -2.35. The van der Waals surface area contributed by atoms with Crippen LogP contribution in [0.2, 0.25) is 0 Å². The first-order valence-corrected chi connectivity index (χ1v) is 8.04. The van der Waals surface area contributed by atoms with Crippen LogP contribution in [0.25, 0.3) is 0 Å². The molecule has 0 radical (unpaired) electrons. The van der Waals surface area contributed by atoms with Gasteiger partial charge in [-0.3, -0.25) is 4.90 Å². The molecule has 1 fully saturated rings. The molecule has 2 heterocycles. The smallest absolute Gasteiger partial charge is 0.0425 e. The van der Waals surface area contributed by atoms with Gasteiger partial charge in [0.1, 0.15) is 0 Å². The maximum atomic E-state index is 2.71. The van der Waals surface area contributed by atoms with Gasteiger partial charge in [0.15, 0.2) is 0 Å². The van der Waals surface area contributed by atoms with Crippen molar-refractivity contribution in [3.05, 3.63) is 71.3 Å². The van der Waals surface area contributed by atoms with Crippen LogP contribution in [0.15, 0.2) is 54.6 Å². The van der Waals surface area contributed by atoms with Crippen LogP contribution in [0.4, 0.5) is 0 Å². The van der Waals surface area contributed by atoms with Gasteiger partial charge < -0.3 is 0 Å². The largest absolute Gasteiger partial charge is 0.295 e. The zero-order valence-corrected chi connectivity index (χ0v) is 12.9. The number of hydrogen-bond acceptors (Lipinski definition) is 1. The second-order valence-electron chi connectivity index (χ2n) is 7.24. The summed E-state index contributed by atoms with van der Waals surface area (Å²) in [5.41, 5.74) is 4.93. The van der Waals surface area contributed by atoms with Gasteiger partial charge in [0.2, 0.25) is 0 Å². The Morgan fingerprint density at radius 2 is 1.67 bits per heavy atom. The molecular weight excluding hydrogens is 254 g/mol. The van der Waals surface area contributed by atoms with Gasteiger partial charge in [0.05, 0.1) is 0 Å². The molecule has 108 valence electrons. The molecule has 4 rings (SSSR count). The molecule has 0 unspecified atom stereocenters. The summed E-state index contributed by atoms with van der Waals surface area (Å²) in [5.74, 6) is 0.583. The van der Waals surface area contributed by atoms with Gasteiger partial charge in [-0.2, -0.15) is 0 Å². The molecule has 0 bridgehead atoms. The molecule has 2 aliphatic heterocycles. The molecule has 2 aromatic rings. The number of benzene rings is 2. The van der Waals surface area contributed by atoms with Gasteiger partial charge in [-0.05, 0) is 28.5 Å². The second kappa shape index (κ2) is 4.71. The highest BCUT2D eigenvalue weighted by atomic mass is 15.2. The Balaban J connectivity index is 1.85. The molecule has 21 heavy (non-hydrogen) atoms. The van der Waals surface area contributed by atoms with E-state index in [2.05, 4.69) is 73.3 Å². The third-order valence-corrected chi connectivity index (χ3v) is 5.36. The Hall–Kier alpha value is -1.60. The van der Waals surface area contributed by atoms with E-state index in [0.717, 1.165) is 0 Å². The summed E-state index contributed by atoms with van der Waals surface area (Å²) in [5, 5.41) is 0. The van der Waals surface area contributed by atoms with E-state index >= 15 is 0 Å². The molecule has 2 aromatic carbocycles. The minimum atomic E-state index is 0.323. The Labute approximate surface area is 127 Å². The van der Waals surface area contributed by atoms with Gasteiger partial charge in [-0.25, -0.2) is 0 Å². The highest BCUT2D eigenvalue weighted by Crippen LogP contribution is 2.55. The van der Waals surface area contributed by atoms with Crippen molar-refractivity contribution < 1.29 is 0 Å². The molecule has 1 heteroatoms. The van der Waals surface area contributed by atoms with E-state index < -0.39 is 0 Å². The van der Waals surface area contributed by atoms with E-state index in [1.165, 1.54) is 25.1 Å². The highest BCUT2D eigenvalue weighted by molar-refractivity contribution is 5.39. The Morgan fingerprint density at radius 3 is 2.48 bits per heavy atom. The summed E-state index contributed by atoms with van der Waals surface area (Å²) in [6, 6.07) is 20.7. The quantitative estimate of drug-likeness (QED) is 0.746. The van der Waals surface area contributed by atoms with Crippen LogP contribution in [-0.4, -0.2) is 18.0 Å². The fraction of sp³-hybridized carbons (Fsp3) is 0.400. The predicted molar refractivity (Wildman–Crippen MR) is 87.4 cm³/mol. The normalized spacial score (nSPS) is 27.1. The van der Waals surface area contributed by atoms with Crippen molar-refractivity contribution in [3.8, 4) is 0 Å². The van der Waals surface area contributed by atoms with Crippen LogP contribution in [-0.2, 0) is 6.42 Å². The lowest BCUT2D eigenvalue weighted by molar-refractivity contribution is 0.230. The lowest BCUT2D eigenvalue weighted by Crippen LogP contribution is -2.32. The van der Waals surface area contributed by atoms with Gasteiger partial charge in [0.25, 0.3) is 0 Å². The molecule has 0 spiro atoms. The van der Waals surface area contributed by atoms with E-state index in [1.54, 1.807) is 11.1 Å². The fourth-order valence-electron chi connectivity index (χ4n) is 4.56. The van der Waals surface area contributed by atoms with Crippen molar-refractivity contribution in [2.75, 3.05) is 13.1 Å². The van der Waals surface area contributed by atoms with Crippen molar-refractivity contribution in [2.24, 2.45) is 5.41 Å². The standard InChI is InChI=1S/C20H23N/c1-20(2)14-21-13-12-15-8-6-7-11-17(15)19(21)18(20)16-9-4-3-5-10-16/h3-11,18-19H,12-14H2,1-2H3/t18-,19-/m1/s1. The number of nitrogens with zero attached hydrogens (tertiary/aromatic N) is 1. The second-order valence-corrected chi connectivity index (χ2v) is 7.24. The summed E-state index contributed by atoms with van der Waals surface area (Å²) in [6.45, 7) is 7.28. The minimum Gasteiger partial charge on any atom is -0.295 e. The average Bonchev–Trinajstić information content (AvgIpc) is 2.78. The van der Waals surface area contributed by atoms with Gasteiger partial charge in [-0.15, -0.1) is 0 Å². The monoisotopic (exact) mass is 277 g/mol. The topological polar surface area (TPSA) is 3.24 Å². The van der Waals surface area contributed by atoms with Crippen molar-refractivity contribution in [1.29, 1.82) is 0 Å². The van der Waals surface area contributed by atoms with Crippen molar-refractivity contribution in [2.45, 2.75) is 32.2 Å². The first-order chi connectivity index (χ1) is 10.2. The maximum absolute atomic E-state index is 2.71. The molecule has 1 saturated heterocycles. The molecule has 0 N–H and O–H groups in total. The molecule has 2 aliphatic rings. The molecular formula is C20H23N. The van der Waals surface area contributed by atoms with Crippen molar-refractivity contribution in [1.82, 2.24) is 4.90 Å². The van der Waals surface area contributed by atoms with E-state index in [1.807, 2.05) is 0 Å². The molecule has 0 aliphatic carbocycles. The van der Waals surface area contributed by atoms with Gasteiger partial charge in [-0.1, -0.05) is 68.4 Å².